The molecule has 3 N–H and O–H groups in total. The largest absolute Gasteiger partial charge is 0.465 e. The van der Waals surface area contributed by atoms with Gasteiger partial charge < -0.3 is 15.6 Å². The maximum absolute atomic E-state index is 10.8. The van der Waals surface area contributed by atoms with Crippen LogP contribution in [0.2, 0.25) is 0 Å². The molecule has 0 aliphatic carbocycles. The Balaban J connectivity index is 3.80. The number of aliphatic hydroxyl groups excluding tert-OH is 1. The van der Waals surface area contributed by atoms with Gasteiger partial charge in [-0.1, -0.05) is 6.92 Å². The monoisotopic (exact) mass is 161 g/mol. The molecule has 0 rings (SSSR count). The second kappa shape index (κ2) is 5.09. The summed E-state index contributed by atoms with van der Waals surface area (Å²) in [7, 11) is 0. The fourth-order valence-electron chi connectivity index (χ4n) is 0.650. The van der Waals surface area contributed by atoms with Crippen molar-refractivity contribution in [1.29, 1.82) is 0 Å². The van der Waals surface area contributed by atoms with Crippen LogP contribution in [0.5, 0.6) is 0 Å². The van der Waals surface area contributed by atoms with Crippen molar-refractivity contribution in [1.82, 2.24) is 0 Å². The number of aliphatic hydroxyl groups is 1. The topological polar surface area (TPSA) is 72.5 Å². The Hall–Kier alpha value is -0.610. The molecule has 0 aromatic carbocycles. The first kappa shape index (κ1) is 10.4. The molecule has 4 heteroatoms. The van der Waals surface area contributed by atoms with Crippen LogP contribution in [-0.4, -0.2) is 29.8 Å². The van der Waals surface area contributed by atoms with E-state index >= 15 is 0 Å². The number of ether oxygens (including phenoxy) is 1. The first-order valence-electron chi connectivity index (χ1n) is 3.73. The number of hydrogen-bond donors (Lipinski definition) is 2. The first-order chi connectivity index (χ1) is 5.13. The van der Waals surface area contributed by atoms with Gasteiger partial charge in [-0.3, -0.25) is 4.79 Å². The molecular formula is C7H15NO3. The normalized spacial score (nSPS) is 15.6. The van der Waals surface area contributed by atoms with Crippen LogP contribution in [0.1, 0.15) is 20.3 Å². The third-order valence-corrected chi connectivity index (χ3v) is 1.39. The van der Waals surface area contributed by atoms with Crippen molar-refractivity contribution < 1.29 is 14.6 Å². The summed E-state index contributed by atoms with van der Waals surface area (Å²) >= 11 is 0. The minimum atomic E-state index is -0.903. The van der Waals surface area contributed by atoms with Crippen molar-refractivity contribution in [2.45, 2.75) is 32.4 Å². The third kappa shape index (κ3) is 3.34. The van der Waals surface area contributed by atoms with E-state index in [4.69, 9.17) is 10.8 Å². The highest BCUT2D eigenvalue weighted by molar-refractivity contribution is 5.76. The van der Waals surface area contributed by atoms with Gasteiger partial charge >= 0.3 is 5.97 Å². The van der Waals surface area contributed by atoms with Crippen molar-refractivity contribution in [3.63, 3.8) is 0 Å². The Kier molecular flexibility index (Phi) is 4.81. The van der Waals surface area contributed by atoms with Gasteiger partial charge in [0.2, 0.25) is 0 Å². The van der Waals surface area contributed by atoms with E-state index in [-0.39, 0.29) is 0 Å². The maximum Gasteiger partial charge on any atom is 0.325 e. The zero-order valence-electron chi connectivity index (χ0n) is 6.91. The average Bonchev–Trinajstić information content (AvgIpc) is 2.02. The molecule has 0 aromatic heterocycles. The summed E-state index contributed by atoms with van der Waals surface area (Å²) in [6, 6.07) is -0.903. The lowest BCUT2D eigenvalue weighted by Gasteiger charge is -2.14. The standard InChI is InChI=1S/C7H15NO3/c1-3-5(9)6(8)7(10)11-4-2/h5-6,9H,3-4,8H2,1-2H3. The molecule has 0 aromatic rings. The lowest BCUT2D eigenvalue weighted by atomic mass is 10.1. The number of carbonyl (C=O) groups excluding carboxylic acids is 1. The van der Waals surface area contributed by atoms with Gasteiger partial charge in [0.15, 0.2) is 0 Å². The predicted octanol–water partition coefficient (Wildman–Crippen LogP) is -0.352. The number of esters is 1. The first-order valence-corrected chi connectivity index (χ1v) is 3.73. The Morgan fingerprint density at radius 2 is 2.18 bits per heavy atom. The Labute approximate surface area is 66.3 Å². The van der Waals surface area contributed by atoms with Gasteiger partial charge in [-0.15, -0.1) is 0 Å². The number of rotatable bonds is 4. The molecule has 0 heterocycles. The van der Waals surface area contributed by atoms with Crippen LogP contribution in [0.4, 0.5) is 0 Å². The van der Waals surface area contributed by atoms with Crippen LogP contribution in [0.15, 0.2) is 0 Å². The van der Waals surface area contributed by atoms with Crippen LogP contribution in [-0.2, 0) is 9.53 Å². The van der Waals surface area contributed by atoms with E-state index in [2.05, 4.69) is 4.74 Å². The van der Waals surface area contributed by atoms with Gasteiger partial charge in [0, 0.05) is 0 Å². The maximum atomic E-state index is 10.8. The van der Waals surface area contributed by atoms with Gasteiger partial charge in [-0.05, 0) is 13.3 Å². The highest BCUT2D eigenvalue weighted by Crippen LogP contribution is 1.97. The second-order valence-electron chi connectivity index (χ2n) is 2.25. The zero-order valence-corrected chi connectivity index (χ0v) is 6.91. The average molecular weight is 161 g/mol. The molecule has 0 radical (unpaired) electrons. The van der Waals surface area contributed by atoms with Gasteiger partial charge in [0.1, 0.15) is 6.04 Å². The van der Waals surface area contributed by atoms with Crippen molar-refractivity contribution in [2.75, 3.05) is 6.61 Å². The molecule has 0 bridgehead atoms. The smallest absolute Gasteiger partial charge is 0.325 e. The minimum absolute atomic E-state index is 0.295. The molecule has 11 heavy (non-hydrogen) atoms. The van der Waals surface area contributed by atoms with Gasteiger partial charge in [-0.25, -0.2) is 0 Å². The van der Waals surface area contributed by atoms with E-state index in [1.165, 1.54) is 0 Å². The zero-order chi connectivity index (χ0) is 8.85. The van der Waals surface area contributed by atoms with Crippen molar-refractivity contribution in [3.8, 4) is 0 Å². The molecule has 0 amide bonds. The van der Waals surface area contributed by atoms with Crippen molar-refractivity contribution in [2.24, 2.45) is 5.73 Å². The number of carbonyl (C=O) groups is 1. The molecule has 4 nitrogen and oxygen atoms in total. The van der Waals surface area contributed by atoms with Crippen LogP contribution in [0.25, 0.3) is 0 Å². The van der Waals surface area contributed by atoms with Crippen LogP contribution >= 0.6 is 0 Å². The van der Waals surface area contributed by atoms with E-state index in [1.54, 1.807) is 13.8 Å². The predicted molar refractivity (Wildman–Crippen MR) is 40.9 cm³/mol. The Bertz CT molecular complexity index is 127. The highest BCUT2D eigenvalue weighted by Gasteiger charge is 2.21. The van der Waals surface area contributed by atoms with Crippen molar-refractivity contribution in [3.05, 3.63) is 0 Å². The third-order valence-electron chi connectivity index (χ3n) is 1.39. The second-order valence-corrected chi connectivity index (χ2v) is 2.25. The van der Waals surface area contributed by atoms with E-state index in [0.717, 1.165) is 0 Å². The molecule has 0 fully saturated rings. The van der Waals surface area contributed by atoms with Gasteiger partial charge in [0.25, 0.3) is 0 Å². The van der Waals surface area contributed by atoms with Crippen LogP contribution < -0.4 is 5.73 Å². The molecule has 0 aliphatic rings. The van der Waals surface area contributed by atoms with E-state index in [9.17, 15) is 4.79 Å². The Morgan fingerprint density at radius 3 is 2.55 bits per heavy atom. The summed E-state index contributed by atoms with van der Waals surface area (Å²) in [4.78, 5) is 10.8. The fraction of sp³-hybridized carbons (Fsp3) is 0.857. The fourth-order valence-corrected chi connectivity index (χ4v) is 0.650. The molecule has 0 spiro atoms. The number of hydrogen-bond acceptors (Lipinski definition) is 4. The molecule has 2 atom stereocenters. The van der Waals surface area contributed by atoms with Crippen LogP contribution in [0.3, 0.4) is 0 Å². The molecule has 0 saturated heterocycles. The van der Waals surface area contributed by atoms with Gasteiger partial charge in [0.05, 0.1) is 12.7 Å². The minimum Gasteiger partial charge on any atom is -0.465 e. The summed E-state index contributed by atoms with van der Waals surface area (Å²) in [6.07, 6.45) is -0.339. The van der Waals surface area contributed by atoms with E-state index in [1.807, 2.05) is 0 Å². The highest BCUT2D eigenvalue weighted by atomic mass is 16.5. The van der Waals surface area contributed by atoms with Crippen molar-refractivity contribution >= 4 is 5.97 Å². The lowest BCUT2D eigenvalue weighted by molar-refractivity contribution is -0.147. The molecule has 0 aliphatic heterocycles. The molecule has 66 valence electrons. The molecule has 0 saturated carbocycles. The van der Waals surface area contributed by atoms with E-state index in [0.29, 0.717) is 13.0 Å². The van der Waals surface area contributed by atoms with Crippen LogP contribution in [0, 0.1) is 0 Å². The Morgan fingerprint density at radius 1 is 1.64 bits per heavy atom. The van der Waals surface area contributed by atoms with Gasteiger partial charge in [-0.2, -0.15) is 0 Å². The molecular weight excluding hydrogens is 146 g/mol. The van der Waals surface area contributed by atoms with E-state index < -0.39 is 18.1 Å². The lowest BCUT2D eigenvalue weighted by Crippen LogP contribution is -2.42. The summed E-state index contributed by atoms with van der Waals surface area (Å²) in [6.45, 7) is 3.75. The number of nitrogens with two attached hydrogens (primary N) is 1. The summed E-state index contributed by atoms with van der Waals surface area (Å²) in [5.74, 6) is -0.540. The quantitative estimate of drug-likeness (QED) is 0.553. The summed E-state index contributed by atoms with van der Waals surface area (Å²) in [5, 5.41) is 9.10. The summed E-state index contributed by atoms with van der Waals surface area (Å²) < 4.78 is 4.60. The SMILES string of the molecule is CCOC(=O)C(N)C(O)CC. The molecule has 2 unspecified atom stereocenters. The summed E-state index contributed by atoms with van der Waals surface area (Å²) in [5.41, 5.74) is 5.33.